The molecule has 1 aromatic heterocycles. The highest BCUT2D eigenvalue weighted by atomic mass is 19.1. The van der Waals surface area contributed by atoms with Crippen molar-refractivity contribution in [3.05, 3.63) is 57.4 Å². The highest BCUT2D eigenvalue weighted by Crippen LogP contribution is 2.25. The number of nitrogens with zero attached hydrogens (tertiary/aromatic N) is 2. The summed E-state index contributed by atoms with van der Waals surface area (Å²) in [5.41, 5.74) is -1.54. The molecule has 0 bridgehead atoms. The van der Waals surface area contributed by atoms with Crippen LogP contribution in [0.25, 0.3) is 0 Å². The molecule has 0 fully saturated rings. The molecule has 0 aliphatic heterocycles. The molecule has 1 aromatic carbocycles. The largest absolute Gasteiger partial charge is 0.386 e. The number of hydrogen-bond donors (Lipinski definition) is 3. The lowest BCUT2D eigenvalue weighted by Crippen LogP contribution is -2.39. The molecule has 1 heterocycles. The van der Waals surface area contributed by atoms with Gasteiger partial charge in [0.2, 0.25) is 5.69 Å². The van der Waals surface area contributed by atoms with Crippen LogP contribution in [0.15, 0.2) is 24.4 Å². The fraction of sp³-hybridized carbons (Fsp3) is 0.286. The summed E-state index contributed by atoms with van der Waals surface area (Å²) < 4.78 is 27.5. The van der Waals surface area contributed by atoms with E-state index in [2.05, 4.69) is 15.5 Å². The van der Waals surface area contributed by atoms with Gasteiger partial charge in [0.25, 0.3) is 5.91 Å². The van der Waals surface area contributed by atoms with Crippen molar-refractivity contribution in [3.8, 4) is 0 Å². The van der Waals surface area contributed by atoms with Gasteiger partial charge in [0.15, 0.2) is 0 Å². The third kappa shape index (κ3) is 3.38. The van der Waals surface area contributed by atoms with Crippen LogP contribution in [0.3, 0.4) is 0 Å². The summed E-state index contributed by atoms with van der Waals surface area (Å²) in [5, 5.41) is 28.9. The average molecular weight is 340 g/mol. The predicted molar refractivity (Wildman–Crippen MR) is 78.1 cm³/mol. The summed E-state index contributed by atoms with van der Waals surface area (Å²) in [6, 6.07) is 2.05. The first-order valence-electron chi connectivity index (χ1n) is 6.97. The molecule has 3 N–H and O–H groups in total. The number of carbonyl (C=O) groups excluding carboxylic acids is 1. The van der Waals surface area contributed by atoms with E-state index in [1.54, 1.807) is 6.92 Å². The van der Waals surface area contributed by atoms with E-state index in [1.807, 2.05) is 0 Å². The molecule has 0 radical (unpaired) electrons. The van der Waals surface area contributed by atoms with Gasteiger partial charge in [-0.05, 0) is 18.6 Å². The Morgan fingerprint density at radius 2 is 2.08 bits per heavy atom. The van der Waals surface area contributed by atoms with Crippen LogP contribution in [-0.4, -0.2) is 32.2 Å². The summed E-state index contributed by atoms with van der Waals surface area (Å²) in [7, 11) is 0. The average Bonchev–Trinajstić information content (AvgIpc) is 3.02. The van der Waals surface area contributed by atoms with Crippen molar-refractivity contribution in [3.63, 3.8) is 0 Å². The second-order valence-electron chi connectivity index (χ2n) is 4.96. The number of hydrogen-bond acceptors (Lipinski definition) is 5. The summed E-state index contributed by atoms with van der Waals surface area (Å²) in [4.78, 5) is 22.1. The molecule has 2 atom stereocenters. The van der Waals surface area contributed by atoms with E-state index in [1.165, 1.54) is 0 Å². The number of aromatic nitrogens is 2. The maximum absolute atomic E-state index is 13.8. The smallest absolute Gasteiger partial charge is 0.319 e. The Hall–Kier alpha value is -2.88. The monoisotopic (exact) mass is 340 g/mol. The van der Waals surface area contributed by atoms with Crippen LogP contribution in [-0.2, 0) is 0 Å². The number of benzene rings is 1. The highest BCUT2D eigenvalue weighted by Gasteiger charge is 2.30. The highest BCUT2D eigenvalue weighted by molar-refractivity contribution is 5.96. The summed E-state index contributed by atoms with van der Waals surface area (Å²) in [5.74, 6) is -2.83. The number of aliphatic hydroxyl groups excluding tert-OH is 1. The van der Waals surface area contributed by atoms with Gasteiger partial charge >= 0.3 is 5.69 Å². The number of aromatic amines is 1. The normalized spacial score (nSPS) is 13.3. The zero-order valence-corrected chi connectivity index (χ0v) is 12.5. The number of nitro groups is 1. The number of amides is 1. The van der Waals surface area contributed by atoms with Gasteiger partial charge < -0.3 is 10.4 Å². The minimum atomic E-state index is -1.66. The van der Waals surface area contributed by atoms with Crippen molar-refractivity contribution in [2.24, 2.45) is 0 Å². The van der Waals surface area contributed by atoms with Crippen LogP contribution in [0.5, 0.6) is 0 Å². The van der Waals surface area contributed by atoms with Crippen molar-refractivity contribution in [1.29, 1.82) is 0 Å². The Morgan fingerprint density at radius 3 is 2.62 bits per heavy atom. The lowest BCUT2D eigenvalue weighted by Gasteiger charge is -2.23. The van der Waals surface area contributed by atoms with E-state index < -0.39 is 51.6 Å². The van der Waals surface area contributed by atoms with Crippen molar-refractivity contribution in [1.82, 2.24) is 15.5 Å². The maximum atomic E-state index is 13.8. The van der Waals surface area contributed by atoms with Crippen LogP contribution in [0.4, 0.5) is 14.5 Å². The molecule has 24 heavy (non-hydrogen) atoms. The number of carbonyl (C=O) groups is 1. The fourth-order valence-electron chi connectivity index (χ4n) is 2.22. The van der Waals surface area contributed by atoms with Crippen molar-refractivity contribution >= 4 is 11.6 Å². The van der Waals surface area contributed by atoms with Gasteiger partial charge in [-0.15, -0.1) is 0 Å². The van der Waals surface area contributed by atoms with Crippen LogP contribution in [0, 0.1) is 21.7 Å². The first-order valence-corrected chi connectivity index (χ1v) is 6.97. The van der Waals surface area contributed by atoms with Crippen LogP contribution in [0.2, 0.25) is 0 Å². The molecule has 0 aliphatic carbocycles. The molecular formula is C14H14F2N4O4. The second kappa shape index (κ2) is 7.13. The quantitative estimate of drug-likeness (QED) is 0.547. The first-order chi connectivity index (χ1) is 11.4. The molecule has 8 nitrogen and oxygen atoms in total. The Balaban J connectivity index is 2.24. The SMILES string of the molecule is CC[C@H](NC(=O)c1[nH]ncc1[N+](=O)[O-])[C@@H](O)c1c(F)cccc1F. The number of aliphatic hydroxyl groups is 1. The van der Waals surface area contributed by atoms with Gasteiger partial charge in [0.1, 0.15) is 23.9 Å². The van der Waals surface area contributed by atoms with Gasteiger partial charge in [0, 0.05) is 0 Å². The first kappa shape index (κ1) is 17.5. The molecule has 2 aromatic rings. The van der Waals surface area contributed by atoms with Crippen molar-refractivity contribution in [2.45, 2.75) is 25.5 Å². The topological polar surface area (TPSA) is 121 Å². The van der Waals surface area contributed by atoms with Gasteiger partial charge in [-0.3, -0.25) is 20.0 Å². The fourth-order valence-corrected chi connectivity index (χ4v) is 2.22. The Morgan fingerprint density at radius 1 is 1.46 bits per heavy atom. The van der Waals surface area contributed by atoms with E-state index in [-0.39, 0.29) is 6.42 Å². The lowest BCUT2D eigenvalue weighted by atomic mass is 9.99. The molecule has 1 amide bonds. The van der Waals surface area contributed by atoms with E-state index in [4.69, 9.17) is 0 Å². The Bertz CT molecular complexity index is 745. The van der Waals surface area contributed by atoms with Gasteiger partial charge in [-0.1, -0.05) is 13.0 Å². The Kier molecular flexibility index (Phi) is 5.19. The predicted octanol–water partition coefficient (Wildman–Crippen LogP) is 1.84. The molecule has 128 valence electrons. The van der Waals surface area contributed by atoms with Crippen LogP contribution >= 0.6 is 0 Å². The van der Waals surface area contributed by atoms with Crippen molar-refractivity contribution < 1.29 is 23.6 Å². The molecule has 10 heteroatoms. The number of nitrogens with one attached hydrogen (secondary N) is 2. The van der Waals surface area contributed by atoms with Crippen LogP contribution in [0.1, 0.15) is 35.5 Å². The number of rotatable bonds is 6. The van der Waals surface area contributed by atoms with E-state index in [9.17, 15) is 28.8 Å². The molecule has 2 rings (SSSR count). The van der Waals surface area contributed by atoms with Gasteiger partial charge in [0.05, 0.1) is 16.5 Å². The third-order valence-corrected chi connectivity index (χ3v) is 3.48. The number of halogens is 2. The molecule has 0 unspecified atom stereocenters. The molecule has 0 saturated heterocycles. The molecule has 0 spiro atoms. The number of H-pyrrole nitrogens is 1. The summed E-state index contributed by atoms with van der Waals surface area (Å²) >= 11 is 0. The standard InChI is InChI=1S/C14H14F2N4O4/c1-2-9(13(21)11-7(15)4-3-5-8(11)16)18-14(22)12-10(20(23)24)6-17-19-12/h3-6,9,13,21H,2H2,1H3,(H,17,19)(H,18,22)/t9-,13+/m0/s1. The zero-order chi connectivity index (χ0) is 17.9. The molecule has 0 aliphatic rings. The molecule has 0 saturated carbocycles. The minimum Gasteiger partial charge on any atom is -0.386 e. The van der Waals surface area contributed by atoms with Gasteiger partial charge in [-0.2, -0.15) is 5.10 Å². The maximum Gasteiger partial charge on any atom is 0.319 e. The van der Waals surface area contributed by atoms with Crippen molar-refractivity contribution in [2.75, 3.05) is 0 Å². The van der Waals surface area contributed by atoms with Gasteiger partial charge in [-0.25, -0.2) is 8.78 Å². The minimum absolute atomic E-state index is 0.128. The Labute approximate surface area is 134 Å². The lowest BCUT2D eigenvalue weighted by molar-refractivity contribution is -0.385. The molecular weight excluding hydrogens is 326 g/mol. The zero-order valence-electron chi connectivity index (χ0n) is 12.5. The second-order valence-corrected chi connectivity index (χ2v) is 4.96. The summed E-state index contributed by atoms with van der Waals surface area (Å²) in [6.45, 7) is 1.58. The third-order valence-electron chi connectivity index (χ3n) is 3.48. The van der Waals surface area contributed by atoms with Crippen LogP contribution < -0.4 is 5.32 Å². The summed E-state index contributed by atoms with van der Waals surface area (Å²) in [6.07, 6.45) is -0.673. The van der Waals surface area contributed by atoms with E-state index in [0.29, 0.717) is 0 Å². The van der Waals surface area contributed by atoms with E-state index in [0.717, 1.165) is 24.4 Å². The van der Waals surface area contributed by atoms with E-state index >= 15 is 0 Å².